The van der Waals surface area contributed by atoms with Gasteiger partial charge in [0, 0.05) is 55.0 Å². The molecule has 1 atom stereocenters. The van der Waals surface area contributed by atoms with Crippen molar-refractivity contribution in [1.82, 2.24) is 24.7 Å². The van der Waals surface area contributed by atoms with Crippen LogP contribution in [0.3, 0.4) is 0 Å². The quantitative estimate of drug-likeness (QED) is 0.589. The first-order valence-corrected chi connectivity index (χ1v) is 14.2. The maximum absolute atomic E-state index is 13.9. The molecule has 36 heavy (non-hydrogen) atoms. The van der Waals surface area contributed by atoms with E-state index in [9.17, 15) is 9.59 Å². The fourth-order valence-corrected chi connectivity index (χ4v) is 6.85. The van der Waals surface area contributed by atoms with Gasteiger partial charge in [-0.15, -0.1) is 11.3 Å². The molecule has 2 amide bonds. The van der Waals surface area contributed by atoms with Crippen molar-refractivity contribution >= 4 is 44.8 Å². The summed E-state index contributed by atoms with van der Waals surface area (Å²) in [6, 6.07) is 7.59. The van der Waals surface area contributed by atoms with Crippen LogP contribution in [0.25, 0.3) is 10.1 Å². The molecule has 10 heteroatoms. The van der Waals surface area contributed by atoms with Crippen molar-refractivity contribution in [2.45, 2.75) is 31.8 Å². The van der Waals surface area contributed by atoms with Gasteiger partial charge in [0.25, 0.3) is 5.91 Å². The van der Waals surface area contributed by atoms with Crippen molar-refractivity contribution in [3.8, 4) is 0 Å². The number of piperidine rings is 1. The molecule has 4 heterocycles. The Kier molecular flexibility index (Phi) is 8.14. The van der Waals surface area contributed by atoms with Crippen LogP contribution in [0.1, 0.15) is 29.4 Å². The lowest BCUT2D eigenvalue weighted by molar-refractivity contribution is -0.148. The molecule has 3 aliphatic rings. The van der Waals surface area contributed by atoms with E-state index in [1.54, 1.807) is 5.01 Å². The molecule has 0 bridgehead atoms. The molecule has 196 valence electrons. The van der Waals surface area contributed by atoms with Crippen molar-refractivity contribution in [2.75, 3.05) is 72.6 Å². The van der Waals surface area contributed by atoms with Crippen LogP contribution in [0.4, 0.5) is 0 Å². The minimum Gasteiger partial charge on any atom is -0.379 e. The first kappa shape index (κ1) is 25.9. The van der Waals surface area contributed by atoms with Gasteiger partial charge in [-0.2, -0.15) is 0 Å². The monoisotopic (exact) mass is 533 g/mol. The molecule has 1 aromatic carbocycles. The molecule has 3 aliphatic heterocycles. The van der Waals surface area contributed by atoms with Gasteiger partial charge >= 0.3 is 0 Å². The molecule has 1 aromatic heterocycles. The predicted octanol–water partition coefficient (Wildman–Crippen LogP) is 2.87. The number of morpholine rings is 1. The molecular formula is C26H36ClN5O3S. The van der Waals surface area contributed by atoms with Crippen molar-refractivity contribution in [1.29, 1.82) is 0 Å². The summed E-state index contributed by atoms with van der Waals surface area (Å²) in [6.45, 7) is 9.62. The SMILES string of the molecule is C[C@H](C(=O)N1CCN(C2CCN(C)CC2)CC1)N(C(=O)c1cc2ccc(Cl)cc2s1)N1CCOCC1. The van der Waals surface area contributed by atoms with Crippen LogP contribution < -0.4 is 0 Å². The average molecular weight is 534 g/mol. The van der Waals surface area contributed by atoms with E-state index < -0.39 is 6.04 Å². The maximum Gasteiger partial charge on any atom is 0.279 e. The lowest BCUT2D eigenvalue weighted by Gasteiger charge is -2.44. The zero-order chi connectivity index (χ0) is 25.2. The van der Waals surface area contributed by atoms with E-state index in [1.807, 2.05) is 41.1 Å². The zero-order valence-corrected chi connectivity index (χ0v) is 22.8. The number of ether oxygens (including phenoxy) is 1. The second-order valence-electron chi connectivity index (χ2n) is 10.1. The fourth-order valence-electron chi connectivity index (χ4n) is 5.58. The third-order valence-corrected chi connectivity index (χ3v) is 9.07. The van der Waals surface area contributed by atoms with Crippen LogP contribution in [0.2, 0.25) is 5.02 Å². The second-order valence-corrected chi connectivity index (χ2v) is 11.6. The van der Waals surface area contributed by atoms with Gasteiger partial charge in [0.2, 0.25) is 5.91 Å². The molecule has 0 aliphatic carbocycles. The number of rotatable bonds is 5. The topological polar surface area (TPSA) is 59.6 Å². The number of hydrazine groups is 1. The number of thiophene rings is 1. The van der Waals surface area contributed by atoms with Gasteiger partial charge in [-0.25, -0.2) is 5.01 Å². The summed E-state index contributed by atoms with van der Waals surface area (Å²) < 4.78 is 6.50. The molecule has 3 fully saturated rings. The van der Waals surface area contributed by atoms with Crippen LogP contribution in [-0.2, 0) is 9.53 Å². The Morgan fingerprint density at radius 2 is 1.72 bits per heavy atom. The van der Waals surface area contributed by atoms with Crippen LogP contribution in [-0.4, -0.2) is 121 Å². The Balaban J connectivity index is 1.29. The van der Waals surface area contributed by atoms with Crippen LogP contribution in [0, 0.1) is 0 Å². The Labute approximate surface area is 222 Å². The lowest BCUT2D eigenvalue weighted by Crippen LogP contribution is -2.61. The van der Waals surface area contributed by atoms with E-state index in [1.165, 1.54) is 24.2 Å². The summed E-state index contributed by atoms with van der Waals surface area (Å²) in [5, 5.41) is 5.30. The Bertz CT molecular complexity index is 1070. The van der Waals surface area contributed by atoms with Gasteiger partial charge in [0.05, 0.1) is 18.1 Å². The van der Waals surface area contributed by atoms with E-state index in [0.717, 1.165) is 36.3 Å². The standard InChI is InChI=1S/C26H36ClN5O3S/c1-19(25(33)30-11-9-29(10-12-30)22-5-7-28(2)8-6-22)32(31-13-15-35-16-14-31)26(34)24-17-20-3-4-21(27)18-23(20)36-24/h3-4,17-19,22H,5-16H2,1-2H3/t19-/m1/s1. The van der Waals surface area contributed by atoms with E-state index in [4.69, 9.17) is 16.3 Å². The number of hydrogen-bond donors (Lipinski definition) is 0. The average Bonchev–Trinajstić information content (AvgIpc) is 3.33. The van der Waals surface area contributed by atoms with Gasteiger partial charge in [-0.05, 0) is 63.5 Å². The number of carbonyl (C=O) groups excluding carboxylic acids is 2. The fraction of sp³-hybridized carbons (Fsp3) is 0.615. The molecule has 0 N–H and O–H groups in total. The zero-order valence-electron chi connectivity index (χ0n) is 21.2. The highest BCUT2D eigenvalue weighted by molar-refractivity contribution is 7.20. The number of halogens is 1. The normalized spacial score (nSPS) is 22.1. The number of fused-ring (bicyclic) bond motifs is 1. The molecule has 0 radical (unpaired) electrons. The van der Waals surface area contributed by atoms with Crippen molar-refractivity contribution in [3.05, 3.63) is 34.2 Å². The number of nitrogens with zero attached hydrogens (tertiary/aromatic N) is 5. The number of carbonyl (C=O) groups is 2. The largest absolute Gasteiger partial charge is 0.379 e. The van der Waals surface area contributed by atoms with Crippen LogP contribution in [0.15, 0.2) is 24.3 Å². The molecular weight excluding hydrogens is 498 g/mol. The second kappa shape index (κ2) is 11.3. The number of benzene rings is 1. The van der Waals surface area contributed by atoms with Crippen LogP contribution in [0.5, 0.6) is 0 Å². The van der Waals surface area contributed by atoms with Crippen LogP contribution >= 0.6 is 22.9 Å². The van der Waals surface area contributed by atoms with Crippen molar-refractivity contribution < 1.29 is 14.3 Å². The molecule has 3 saturated heterocycles. The molecule has 0 unspecified atom stereocenters. The summed E-state index contributed by atoms with van der Waals surface area (Å²) in [4.78, 5) is 35.0. The summed E-state index contributed by atoms with van der Waals surface area (Å²) in [5.41, 5.74) is 0. The number of amides is 2. The Morgan fingerprint density at radius 1 is 1.03 bits per heavy atom. The summed E-state index contributed by atoms with van der Waals surface area (Å²) in [6.07, 6.45) is 2.39. The van der Waals surface area contributed by atoms with Gasteiger partial charge in [-0.3, -0.25) is 19.5 Å². The van der Waals surface area contributed by atoms with Gasteiger partial charge in [0.1, 0.15) is 6.04 Å². The van der Waals surface area contributed by atoms with E-state index in [0.29, 0.717) is 55.3 Å². The first-order valence-electron chi connectivity index (χ1n) is 13.0. The maximum atomic E-state index is 13.9. The summed E-state index contributed by atoms with van der Waals surface area (Å²) >= 11 is 7.59. The lowest BCUT2D eigenvalue weighted by atomic mass is 10.0. The Hall–Kier alpha value is -1.75. The van der Waals surface area contributed by atoms with E-state index >= 15 is 0 Å². The van der Waals surface area contributed by atoms with Gasteiger partial charge < -0.3 is 14.5 Å². The highest BCUT2D eigenvalue weighted by Gasteiger charge is 2.37. The van der Waals surface area contributed by atoms with Gasteiger partial charge in [0.15, 0.2) is 0 Å². The van der Waals surface area contributed by atoms with Crippen molar-refractivity contribution in [3.63, 3.8) is 0 Å². The van der Waals surface area contributed by atoms with E-state index in [2.05, 4.69) is 16.8 Å². The third kappa shape index (κ3) is 5.56. The smallest absolute Gasteiger partial charge is 0.279 e. The Morgan fingerprint density at radius 3 is 2.42 bits per heavy atom. The third-order valence-electron chi connectivity index (χ3n) is 7.75. The summed E-state index contributed by atoms with van der Waals surface area (Å²) in [5.74, 6) is -0.123. The highest BCUT2D eigenvalue weighted by Crippen LogP contribution is 2.30. The predicted molar refractivity (Wildman–Crippen MR) is 144 cm³/mol. The summed E-state index contributed by atoms with van der Waals surface area (Å²) in [7, 11) is 2.18. The number of likely N-dealkylation sites (tertiary alicyclic amines) is 1. The van der Waals surface area contributed by atoms with E-state index in [-0.39, 0.29) is 11.8 Å². The number of piperazine rings is 1. The van der Waals surface area contributed by atoms with Gasteiger partial charge in [-0.1, -0.05) is 17.7 Å². The molecule has 2 aromatic rings. The molecule has 0 spiro atoms. The van der Waals surface area contributed by atoms with Crippen molar-refractivity contribution in [2.24, 2.45) is 0 Å². The first-order chi connectivity index (χ1) is 17.4. The molecule has 0 saturated carbocycles. The number of hydrogen-bond acceptors (Lipinski definition) is 7. The molecule has 8 nitrogen and oxygen atoms in total. The highest BCUT2D eigenvalue weighted by atomic mass is 35.5. The minimum absolute atomic E-state index is 0.0158. The molecule has 5 rings (SSSR count). The minimum atomic E-state index is -0.584.